The molecular formula is C19H22N8O. The number of H-pyrrole nitrogens is 1. The molecule has 1 N–H and O–H groups in total. The number of morpholine rings is 1. The minimum Gasteiger partial charge on any atom is -0.377 e. The summed E-state index contributed by atoms with van der Waals surface area (Å²) < 4.78 is 9.32. The number of nitrogens with zero attached hydrogens (tertiary/aromatic N) is 7. The number of hydrogen-bond acceptors (Lipinski definition) is 6. The third kappa shape index (κ3) is 2.58. The van der Waals surface area contributed by atoms with E-state index in [0.29, 0.717) is 13.2 Å². The number of ether oxygens (including phenoxy) is 1. The lowest BCUT2D eigenvalue weighted by Crippen LogP contribution is -2.44. The van der Waals surface area contributed by atoms with E-state index < -0.39 is 0 Å². The molecule has 0 aliphatic carbocycles. The maximum absolute atomic E-state index is 5.61. The van der Waals surface area contributed by atoms with Crippen molar-refractivity contribution in [3.63, 3.8) is 0 Å². The van der Waals surface area contributed by atoms with E-state index in [4.69, 9.17) is 9.84 Å². The quantitative estimate of drug-likeness (QED) is 0.587. The van der Waals surface area contributed by atoms with Gasteiger partial charge in [0.2, 0.25) is 0 Å². The van der Waals surface area contributed by atoms with Gasteiger partial charge in [0.25, 0.3) is 0 Å². The summed E-state index contributed by atoms with van der Waals surface area (Å²) in [5, 5.41) is 13.4. The van der Waals surface area contributed by atoms with Crippen LogP contribution in [0.3, 0.4) is 0 Å². The van der Waals surface area contributed by atoms with Gasteiger partial charge >= 0.3 is 0 Å². The summed E-state index contributed by atoms with van der Waals surface area (Å²) in [6.07, 6.45) is 3.75. The molecule has 9 nitrogen and oxygen atoms in total. The van der Waals surface area contributed by atoms with E-state index in [0.717, 1.165) is 46.3 Å². The summed E-state index contributed by atoms with van der Waals surface area (Å²) in [5.41, 5.74) is 4.69. The van der Waals surface area contributed by atoms with Gasteiger partial charge in [0, 0.05) is 25.4 Å². The Balaban J connectivity index is 1.78. The first-order valence-electron chi connectivity index (χ1n) is 9.37. The molecule has 4 aromatic heterocycles. The summed E-state index contributed by atoms with van der Waals surface area (Å²) in [6.45, 7) is 6.31. The van der Waals surface area contributed by atoms with Crippen molar-refractivity contribution in [1.82, 2.24) is 34.6 Å². The highest BCUT2D eigenvalue weighted by Gasteiger charge is 2.24. The van der Waals surface area contributed by atoms with Crippen LogP contribution in [0, 0.1) is 6.92 Å². The van der Waals surface area contributed by atoms with E-state index in [1.165, 1.54) is 0 Å². The van der Waals surface area contributed by atoms with E-state index in [-0.39, 0.29) is 6.04 Å². The molecule has 0 amide bonds. The molecule has 1 aliphatic rings. The number of rotatable bonds is 3. The molecule has 144 valence electrons. The SMILES string of the molecule is Cc1nnn(C)c1-c1cc(N2CCOC[C@H]2C)nn2c(-c3ccc[nH]3)ncc12. The number of aromatic nitrogens is 7. The smallest absolute Gasteiger partial charge is 0.177 e. The molecule has 0 spiro atoms. The van der Waals surface area contributed by atoms with Crippen LogP contribution in [0.25, 0.3) is 28.3 Å². The van der Waals surface area contributed by atoms with Crippen molar-refractivity contribution in [3.8, 4) is 22.8 Å². The van der Waals surface area contributed by atoms with Gasteiger partial charge in [-0.3, -0.25) is 0 Å². The lowest BCUT2D eigenvalue weighted by atomic mass is 10.1. The van der Waals surface area contributed by atoms with E-state index >= 15 is 0 Å². The summed E-state index contributed by atoms with van der Waals surface area (Å²) in [6, 6.07) is 6.32. The number of aryl methyl sites for hydroxylation is 2. The van der Waals surface area contributed by atoms with Crippen LogP contribution in [-0.2, 0) is 11.8 Å². The average Bonchev–Trinajstić information content (AvgIpc) is 3.42. The number of anilines is 1. The van der Waals surface area contributed by atoms with Crippen molar-refractivity contribution in [2.24, 2.45) is 7.05 Å². The van der Waals surface area contributed by atoms with Gasteiger partial charge in [-0.05, 0) is 32.0 Å². The molecule has 5 heterocycles. The van der Waals surface area contributed by atoms with Gasteiger partial charge in [-0.1, -0.05) is 5.21 Å². The maximum Gasteiger partial charge on any atom is 0.177 e. The van der Waals surface area contributed by atoms with Crippen molar-refractivity contribution in [1.29, 1.82) is 0 Å². The largest absolute Gasteiger partial charge is 0.377 e. The molecular weight excluding hydrogens is 356 g/mol. The molecule has 4 aromatic rings. The molecule has 0 bridgehead atoms. The summed E-state index contributed by atoms with van der Waals surface area (Å²) >= 11 is 0. The first-order chi connectivity index (χ1) is 13.6. The number of hydrogen-bond donors (Lipinski definition) is 1. The Morgan fingerprint density at radius 2 is 2.21 bits per heavy atom. The fourth-order valence-corrected chi connectivity index (χ4v) is 3.85. The third-order valence-corrected chi connectivity index (χ3v) is 5.24. The molecule has 1 fully saturated rings. The molecule has 0 unspecified atom stereocenters. The second-order valence-corrected chi connectivity index (χ2v) is 7.14. The van der Waals surface area contributed by atoms with Crippen LogP contribution in [-0.4, -0.2) is 60.4 Å². The fraction of sp³-hybridized carbons (Fsp3) is 0.368. The normalized spacial score (nSPS) is 17.5. The first-order valence-corrected chi connectivity index (χ1v) is 9.37. The maximum atomic E-state index is 5.61. The van der Waals surface area contributed by atoms with Crippen LogP contribution in [0.5, 0.6) is 0 Å². The summed E-state index contributed by atoms with van der Waals surface area (Å²) in [5.74, 6) is 1.67. The monoisotopic (exact) mass is 378 g/mol. The molecule has 0 radical (unpaired) electrons. The Bertz CT molecular complexity index is 1110. The molecule has 0 aromatic carbocycles. The molecule has 1 saturated heterocycles. The zero-order chi connectivity index (χ0) is 19.3. The van der Waals surface area contributed by atoms with Crippen LogP contribution in [0.2, 0.25) is 0 Å². The Morgan fingerprint density at radius 1 is 1.32 bits per heavy atom. The number of nitrogens with one attached hydrogen (secondary N) is 1. The highest BCUT2D eigenvalue weighted by Crippen LogP contribution is 2.32. The van der Waals surface area contributed by atoms with Crippen LogP contribution >= 0.6 is 0 Å². The lowest BCUT2D eigenvalue weighted by molar-refractivity contribution is 0.0984. The topological polar surface area (TPSA) is 89.2 Å². The van der Waals surface area contributed by atoms with E-state index in [2.05, 4.69) is 38.2 Å². The predicted octanol–water partition coefficient (Wildman–Crippen LogP) is 2.05. The van der Waals surface area contributed by atoms with Crippen LogP contribution < -0.4 is 4.90 Å². The van der Waals surface area contributed by atoms with Crippen molar-refractivity contribution < 1.29 is 4.74 Å². The van der Waals surface area contributed by atoms with Crippen LogP contribution in [0.1, 0.15) is 12.6 Å². The van der Waals surface area contributed by atoms with Gasteiger partial charge in [-0.25, -0.2) is 14.2 Å². The first kappa shape index (κ1) is 16.9. The molecule has 9 heteroatoms. The molecule has 1 atom stereocenters. The minimum atomic E-state index is 0.245. The van der Waals surface area contributed by atoms with Crippen molar-refractivity contribution >= 4 is 11.3 Å². The van der Waals surface area contributed by atoms with Crippen molar-refractivity contribution in [3.05, 3.63) is 36.3 Å². The van der Waals surface area contributed by atoms with E-state index in [1.807, 2.05) is 43.0 Å². The van der Waals surface area contributed by atoms with Gasteiger partial charge in [-0.15, -0.1) is 10.2 Å². The Hall–Kier alpha value is -3.20. The third-order valence-electron chi connectivity index (χ3n) is 5.24. The van der Waals surface area contributed by atoms with Crippen molar-refractivity contribution in [2.75, 3.05) is 24.7 Å². The minimum absolute atomic E-state index is 0.245. The van der Waals surface area contributed by atoms with Gasteiger partial charge in [-0.2, -0.15) is 0 Å². The number of aromatic amines is 1. The van der Waals surface area contributed by atoms with Gasteiger partial charge in [0.1, 0.15) is 0 Å². The highest BCUT2D eigenvalue weighted by molar-refractivity contribution is 5.82. The van der Waals surface area contributed by atoms with Gasteiger partial charge in [0.15, 0.2) is 11.6 Å². The second-order valence-electron chi connectivity index (χ2n) is 7.14. The standard InChI is InChI=1S/C19H22N8O/c1-12-11-28-8-7-26(12)17-9-14(18-13(2)22-24-25(18)3)16-10-21-19(27(16)23-17)15-5-4-6-20-15/h4-6,9-10,12,20H,7-8,11H2,1-3H3/t12-/m1/s1. The second kappa shape index (κ2) is 6.45. The zero-order valence-corrected chi connectivity index (χ0v) is 16.1. The van der Waals surface area contributed by atoms with Gasteiger partial charge < -0.3 is 14.6 Å². The van der Waals surface area contributed by atoms with Crippen LogP contribution in [0.15, 0.2) is 30.6 Å². The molecule has 1 aliphatic heterocycles. The summed E-state index contributed by atoms with van der Waals surface area (Å²) in [7, 11) is 1.91. The fourth-order valence-electron chi connectivity index (χ4n) is 3.85. The summed E-state index contributed by atoms with van der Waals surface area (Å²) in [4.78, 5) is 10.2. The van der Waals surface area contributed by atoms with E-state index in [9.17, 15) is 0 Å². The number of fused-ring (bicyclic) bond motifs is 1. The molecule has 5 rings (SSSR count). The van der Waals surface area contributed by atoms with E-state index in [1.54, 1.807) is 4.68 Å². The Labute approximate surface area is 161 Å². The van der Waals surface area contributed by atoms with Gasteiger partial charge in [0.05, 0.1) is 48.1 Å². The highest BCUT2D eigenvalue weighted by atomic mass is 16.5. The average molecular weight is 378 g/mol. The van der Waals surface area contributed by atoms with Crippen LogP contribution in [0.4, 0.5) is 5.82 Å². The van der Waals surface area contributed by atoms with Crippen molar-refractivity contribution in [2.45, 2.75) is 19.9 Å². The molecule has 0 saturated carbocycles. The predicted molar refractivity (Wildman–Crippen MR) is 105 cm³/mol. The Kier molecular flexibility index (Phi) is 3.90. The number of imidazole rings is 1. The zero-order valence-electron chi connectivity index (χ0n) is 16.1. The molecule has 28 heavy (non-hydrogen) atoms. The Morgan fingerprint density at radius 3 is 2.93 bits per heavy atom. The lowest BCUT2D eigenvalue weighted by Gasteiger charge is -2.34.